The lowest BCUT2D eigenvalue weighted by molar-refractivity contribution is 0.324. The first-order chi connectivity index (χ1) is 15.0. The van der Waals surface area contributed by atoms with Gasteiger partial charge in [0.1, 0.15) is 0 Å². The largest absolute Gasteiger partial charge is 0.493 e. The Morgan fingerprint density at radius 3 is 2.16 bits per heavy atom. The molecule has 0 radical (unpaired) electrons. The lowest BCUT2D eigenvalue weighted by Crippen LogP contribution is -2.14. The van der Waals surface area contributed by atoms with E-state index in [4.69, 9.17) is 24.3 Å². The maximum Gasteiger partial charge on any atom is 0.206 e. The van der Waals surface area contributed by atoms with Crippen molar-refractivity contribution in [1.29, 1.82) is 0 Å². The van der Waals surface area contributed by atoms with Gasteiger partial charge >= 0.3 is 0 Å². The topological polar surface area (TPSA) is 57.3 Å². The van der Waals surface area contributed by atoms with Crippen molar-refractivity contribution in [3.8, 4) is 28.5 Å². The monoisotopic (exact) mass is 457 g/mol. The smallest absolute Gasteiger partial charge is 0.206 e. The average molecular weight is 458 g/mol. The molecule has 0 N–H and O–H groups in total. The molecule has 0 saturated heterocycles. The van der Waals surface area contributed by atoms with Gasteiger partial charge in [0.25, 0.3) is 0 Å². The summed E-state index contributed by atoms with van der Waals surface area (Å²) in [6.07, 6.45) is 3.91. The third-order valence-electron chi connectivity index (χ3n) is 4.45. The summed E-state index contributed by atoms with van der Waals surface area (Å²) >= 11 is 3.26. The molecule has 8 heteroatoms. The van der Waals surface area contributed by atoms with Crippen LogP contribution in [0, 0.1) is 0 Å². The van der Waals surface area contributed by atoms with E-state index in [1.807, 2.05) is 42.3 Å². The second-order valence-corrected chi connectivity index (χ2v) is 8.59. The third-order valence-corrected chi connectivity index (χ3v) is 6.03. The number of ether oxygens (including phenoxy) is 3. The Morgan fingerprint density at radius 1 is 1.00 bits per heavy atom. The molecule has 3 aromatic rings. The van der Waals surface area contributed by atoms with Crippen LogP contribution in [-0.4, -0.2) is 44.5 Å². The van der Waals surface area contributed by atoms with Gasteiger partial charge < -0.3 is 14.2 Å². The van der Waals surface area contributed by atoms with E-state index in [0.717, 1.165) is 21.6 Å². The number of benzene rings is 2. The second kappa shape index (κ2) is 10.5. The molecule has 0 aliphatic carbocycles. The SMILES string of the molecule is COc1cc(-c2csc(=NC(C)C)n2N=Cc2ccc(SC)cc2)cc(OC)c1OC. The van der Waals surface area contributed by atoms with Crippen LogP contribution in [0.2, 0.25) is 0 Å². The van der Waals surface area contributed by atoms with Gasteiger partial charge in [-0.1, -0.05) is 12.1 Å². The van der Waals surface area contributed by atoms with E-state index in [1.165, 1.54) is 4.90 Å². The first-order valence-electron chi connectivity index (χ1n) is 9.73. The van der Waals surface area contributed by atoms with Crippen LogP contribution in [0.4, 0.5) is 0 Å². The Labute approximate surface area is 191 Å². The average Bonchev–Trinajstić information content (AvgIpc) is 3.18. The molecule has 0 amide bonds. The minimum absolute atomic E-state index is 0.147. The Kier molecular flexibility index (Phi) is 7.81. The summed E-state index contributed by atoms with van der Waals surface area (Å²) in [5.41, 5.74) is 2.80. The fourth-order valence-corrected chi connectivity index (χ4v) is 4.34. The molecule has 0 saturated carbocycles. The van der Waals surface area contributed by atoms with E-state index in [1.54, 1.807) is 44.4 Å². The molecule has 2 aromatic carbocycles. The number of methoxy groups -OCH3 is 3. The molecule has 1 heterocycles. The van der Waals surface area contributed by atoms with Crippen LogP contribution in [0.1, 0.15) is 19.4 Å². The number of nitrogens with zero attached hydrogens (tertiary/aromatic N) is 3. The van der Waals surface area contributed by atoms with Crippen LogP contribution in [0.15, 0.2) is 56.8 Å². The summed E-state index contributed by atoms with van der Waals surface area (Å²) in [6.45, 7) is 4.10. The van der Waals surface area contributed by atoms with Crippen molar-refractivity contribution in [1.82, 2.24) is 4.68 Å². The highest BCUT2D eigenvalue weighted by atomic mass is 32.2. The highest BCUT2D eigenvalue weighted by Gasteiger charge is 2.17. The molecule has 0 atom stereocenters. The van der Waals surface area contributed by atoms with Gasteiger partial charge in [-0.2, -0.15) is 5.10 Å². The standard InChI is InChI=1S/C23H27N3O3S2/c1-15(2)25-23-26(24-13-16-7-9-18(30-6)10-8-16)19(14-31-23)17-11-20(27-3)22(29-5)21(12-17)28-4/h7-15H,1-6H3. The van der Waals surface area contributed by atoms with E-state index >= 15 is 0 Å². The van der Waals surface area contributed by atoms with Crippen LogP contribution in [0.25, 0.3) is 11.3 Å². The first-order valence-corrected chi connectivity index (χ1v) is 11.8. The summed E-state index contributed by atoms with van der Waals surface area (Å²) in [7, 11) is 4.81. The van der Waals surface area contributed by atoms with Gasteiger partial charge in [-0.25, -0.2) is 4.68 Å². The summed E-state index contributed by atoms with van der Waals surface area (Å²) in [4.78, 5) is 6.77. The zero-order valence-corrected chi connectivity index (χ0v) is 20.2. The highest BCUT2D eigenvalue weighted by molar-refractivity contribution is 7.98. The number of thioether (sulfide) groups is 1. The van der Waals surface area contributed by atoms with Crippen molar-refractivity contribution in [3.63, 3.8) is 0 Å². The number of aromatic nitrogens is 1. The Bertz CT molecular complexity index is 1090. The van der Waals surface area contributed by atoms with E-state index in [9.17, 15) is 0 Å². The molecule has 0 aliphatic rings. The van der Waals surface area contributed by atoms with Gasteiger partial charge in [0.15, 0.2) is 11.5 Å². The predicted octanol–water partition coefficient (Wildman–Crippen LogP) is 5.16. The molecule has 1 aromatic heterocycles. The van der Waals surface area contributed by atoms with Crippen LogP contribution in [0.5, 0.6) is 17.2 Å². The highest BCUT2D eigenvalue weighted by Crippen LogP contribution is 2.41. The van der Waals surface area contributed by atoms with Gasteiger partial charge in [-0.05, 0) is 49.9 Å². The quantitative estimate of drug-likeness (QED) is 0.346. The van der Waals surface area contributed by atoms with Crippen LogP contribution < -0.4 is 19.0 Å². The van der Waals surface area contributed by atoms with Gasteiger partial charge in [-0.15, -0.1) is 23.1 Å². The molecule has 0 aliphatic heterocycles. The number of rotatable bonds is 8. The van der Waals surface area contributed by atoms with E-state index in [0.29, 0.717) is 17.2 Å². The fraction of sp³-hybridized carbons (Fsp3) is 0.304. The number of hydrogen-bond acceptors (Lipinski definition) is 7. The second-order valence-electron chi connectivity index (χ2n) is 6.87. The molecular formula is C23H27N3O3S2. The van der Waals surface area contributed by atoms with Crippen molar-refractivity contribution in [2.45, 2.75) is 24.8 Å². The Hall–Kier alpha value is -2.71. The van der Waals surface area contributed by atoms with Gasteiger partial charge in [0, 0.05) is 21.9 Å². The van der Waals surface area contributed by atoms with Crippen molar-refractivity contribution >= 4 is 29.3 Å². The van der Waals surface area contributed by atoms with Gasteiger partial charge in [-0.3, -0.25) is 4.99 Å². The number of thiazole rings is 1. The molecule has 0 spiro atoms. The van der Waals surface area contributed by atoms with Crippen LogP contribution in [-0.2, 0) is 0 Å². The summed E-state index contributed by atoms with van der Waals surface area (Å²) in [5.74, 6) is 1.74. The molecule has 0 unspecified atom stereocenters. The minimum atomic E-state index is 0.147. The van der Waals surface area contributed by atoms with Crippen molar-refractivity contribution in [2.75, 3.05) is 27.6 Å². The normalized spacial score (nSPS) is 12.0. The summed E-state index contributed by atoms with van der Waals surface area (Å²) in [6, 6.07) is 12.3. The van der Waals surface area contributed by atoms with Crippen LogP contribution >= 0.6 is 23.1 Å². The lowest BCUT2D eigenvalue weighted by Gasteiger charge is -2.14. The van der Waals surface area contributed by atoms with Crippen molar-refractivity contribution in [3.05, 3.63) is 52.1 Å². The molecule has 164 valence electrons. The fourth-order valence-electron chi connectivity index (χ4n) is 2.96. The zero-order chi connectivity index (χ0) is 22.4. The van der Waals surface area contributed by atoms with Crippen molar-refractivity contribution < 1.29 is 14.2 Å². The van der Waals surface area contributed by atoms with Gasteiger partial charge in [0.05, 0.1) is 33.2 Å². The van der Waals surface area contributed by atoms with E-state index in [-0.39, 0.29) is 6.04 Å². The van der Waals surface area contributed by atoms with Crippen molar-refractivity contribution in [2.24, 2.45) is 10.1 Å². The van der Waals surface area contributed by atoms with Crippen LogP contribution in [0.3, 0.4) is 0 Å². The predicted molar refractivity (Wildman–Crippen MR) is 129 cm³/mol. The molecule has 0 bridgehead atoms. The molecule has 31 heavy (non-hydrogen) atoms. The van der Waals surface area contributed by atoms with Gasteiger partial charge in [0.2, 0.25) is 10.6 Å². The zero-order valence-electron chi connectivity index (χ0n) is 18.6. The summed E-state index contributed by atoms with van der Waals surface area (Å²) in [5, 5.41) is 6.80. The molecule has 6 nitrogen and oxygen atoms in total. The summed E-state index contributed by atoms with van der Waals surface area (Å²) < 4.78 is 18.4. The van der Waals surface area contributed by atoms with E-state index in [2.05, 4.69) is 30.5 Å². The Balaban J connectivity index is 2.13. The maximum absolute atomic E-state index is 5.53. The lowest BCUT2D eigenvalue weighted by atomic mass is 10.1. The maximum atomic E-state index is 5.53. The number of hydrogen-bond donors (Lipinski definition) is 0. The third kappa shape index (κ3) is 5.32. The first kappa shape index (κ1) is 23.0. The molecule has 3 rings (SSSR count). The molecular weight excluding hydrogens is 430 g/mol. The van der Waals surface area contributed by atoms with E-state index < -0.39 is 0 Å². The minimum Gasteiger partial charge on any atom is -0.493 e. The molecule has 0 fully saturated rings. The Morgan fingerprint density at radius 2 is 1.65 bits per heavy atom.